The maximum atomic E-state index is 5.53. The molecule has 2 aromatic heterocycles. The summed E-state index contributed by atoms with van der Waals surface area (Å²) in [7, 11) is 0. The highest BCUT2D eigenvalue weighted by Gasteiger charge is 2.11. The van der Waals surface area contributed by atoms with Crippen LogP contribution in [-0.2, 0) is 0 Å². The van der Waals surface area contributed by atoms with E-state index in [2.05, 4.69) is 20.2 Å². The van der Waals surface area contributed by atoms with Gasteiger partial charge in [-0.3, -0.25) is 0 Å². The first kappa shape index (κ1) is 12.9. The molecule has 0 fully saturated rings. The molecule has 0 saturated carbocycles. The van der Waals surface area contributed by atoms with E-state index >= 15 is 0 Å². The molecule has 5 nitrogen and oxygen atoms in total. The Kier molecular flexibility index (Phi) is 3.56. The zero-order valence-corrected chi connectivity index (χ0v) is 12.1. The lowest BCUT2D eigenvalue weighted by atomic mass is 10.2. The molecule has 0 amide bonds. The van der Waals surface area contributed by atoms with Gasteiger partial charge < -0.3 is 9.72 Å². The molecule has 1 aromatic carbocycles. The number of imidazole rings is 1. The van der Waals surface area contributed by atoms with Gasteiger partial charge in [0.15, 0.2) is 0 Å². The van der Waals surface area contributed by atoms with Gasteiger partial charge in [-0.15, -0.1) is 11.8 Å². The molecule has 102 valence electrons. The Balaban J connectivity index is 2.08. The number of benzene rings is 1. The van der Waals surface area contributed by atoms with Crippen molar-refractivity contribution in [3.8, 4) is 17.1 Å². The Morgan fingerprint density at radius 1 is 1.25 bits per heavy atom. The van der Waals surface area contributed by atoms with Gasteiger partial charge in [-0.2, -0.15) is 10.2 Å². The van der Waals surface area contributed by atoms with Crippen molar-refractivity contribution < 1.29 is 4.74 Å². The summed E-state index contributed by atoms with van der Waals surface area (Å²) >= 11 is 1.67. The first-order valence-electron chi connectivity index (χ1n) is 6.29. The first-order chi connectivity index (χ1) is 9.81. The van der Waals surface area contributed by atoms with Crippen LogP contribution in [0.15, 0.2) is 35.5 Å². The van der Waals surface area contributed by atoms with E-state index < -0.39 is 0 Å². The normalized spacial score (nSPS) is 10.9. The predicted molar refractivity (Wildman–Crippen MR) is 80.1 cm³/mol. The molecule has 1 N–H and O–H groups in total. The van der Waals surface area contributed by atoms with E-state index in [4.69, 9.17) is 4.74 Å². The molecule has 3 rings (SSSR count). The summed E-state index contributed by atoms with van der Waals surface area (Å²) in [4.78, 5) is 8.95. The van der Waals surface area contributed by atoms with E-state index in [0.29, 0.717) is 6.61 Å². The minimum Gasteiger partial charge on any atom is -0.494 e. The predicted octanol–water partition coefficient (Wildman–Crippen LogP) is 3.14. The number of nitrogens with zero attached hydrogens (tertiary/aromatic N) is 3. The van der Waals surface area contributed by atoms with Crippen molar-refractivity contribution in [3.63, 3.8) is 0 Å². The standard InChI is InChI=1S/C14H14N4OS/c1-3-19-9-4-5-10(13(6-9)20-2)14-17-11-7-15-16-8-12(11)18-14/h4-8H,3H2,1-2H3,(H,17,18). The summed E-state index contributed by atoms with van der Waals surface area (Å²) in [5.74, 6) is 1.70. The van der Waals surface area contributed by atoms with Gasteiger partial charge in [0.05, 0.1) is 24.5 Å². The monoisotopic (exact) mass is 286 g/mol. The number of nitrogens with one attached hydrogen (secondary N) is 1. The zero-order valence-electron chi connectivity index (χ0n) is 11.3. The highest BCUT2D eigenvalue weighted by atomic mass is 32.2. The van der Waals surface area contributed by atoms with Crippen molar-refractivity contribution in [3.05, 3.63) is 30.6 Å². The summed E-state index contributed by atoms with van der Waals surface area (Å²) in [6, 6.07) is 6.02. The summed E-state index contributed by atoms with van der Waals surface area (Å²) in [5, 5.41) is 7.70. The molecule has 0 spiro atoms. The molecule has 6 heteroatoms. The lowest BCUT2D eigenvalue weighted by molar-refractivity contribution is 0.339. The Bertz CT molecular complexity index is 708. The third kappa shape index (κ3) is 2.34. The number of fused-ring (bicyclic) bond motifs is 1. The number of ether oxygens (including phenoxy) is 1. The maximum absolute atomic E-state index is 5.53. The van der Waals surface area contributed by atoms with Crippen LogP contribution in [0.3, 0.4) is 0 Å². The number of aromatic nitrogens is 4. The minimum absolute atomic E-state index is 0.662. The van der Waals surface area contributed by atoms with E-state index in [1.165, 1.54) is 0 Å². The number of H-pyrrole nitrogens is 1. The Morgan fingerprint density at radius 3 is 2.85 bits per heavy atom. The fraction of sp³-hybridized carbons (Fsp3) is 0.214. The van der Waals surface area contributed by atoms with Gasteiger partial charge in [0, 0.05) is 10.5 Å². The average molecular weight is 286 g/mol. The lowest BCUT2D eigenvalue weighted by Gasteiger charge is -2.08. The summed E-state index contributed by atoms with van der Waals surface area (Å²) in [5.41, 5.74) is 2.75. The van der Waals surface area contributed by atoms with Crippen LogP contribution in [0.1, 0.15) is 6.92 Å². The van der Waals surface area contributed by atoms with E-state index in [1.54, 1.807) is 24.2 Å². The quantitative estimate of drug-likeness (QED) is 0.746. The van der Waals surface area contributed by atoms with Crippen LogP contribution in [0.25, 0.3) is 22.4 Å². The fourth-order valence-electron chi connectivity index (χ4n) is 2.03. The van der Waals surface area contributed by atoms with Crippen molar-refractivity contribution >= 4 is 22.8 Å². The van der Waals surface area contributed by atoms with Crippen molar-refractivity contribution in [1.82, 2.24) is 20.2 Å². The molecule has 20 heavy (non-hydrogen) atoms. The molecule has 0 bridgehead atoms. The average Bonchev–Trinajstić information content (AvgIpc) is 2.91. The Labute approximate surface area is 120 Å². The van der Waals surface area contributed by atoms with Gasteiger partial charge in [0.2, 0.25) is 0 Å². The zero-order chi connectivity index (χ0) is 13.9. The summed E-state index contributed by atoms with van der Waals surface area (Å²) in [6.07, 6.45) is 5.38. The van der Waals surface area contributed by atoms with Gasteiger partial charge in [-0.1, -0.05) is 0 Å². The number of aromatic amines is 1. The van der Waals surface area contributed by atoms with Gasteiger partial charge in [0.1, 0.15) is 17.1 Å². The van der Waals surface area contributed by atoms with E-state index in [1.807, 2.05) is 31.4 Å². The second-order valence-corrected chi connectivity index (χ2v) is 5.02. The number of rotatable bonds is 4. The number of hydrogen-bond acceptors (Lipinski definition) is 5. The smallest absolute Gasteiger partial charge is 0.139 e. The molecule has 0 aliphatic rings. The third-order valence-corrected chi connectivity index (χ3v) is 3.71. The fourth-order valence-corrected chi connectivity index (χ4v) is 2.65. The molecular formula is C14H14N4OS. The van der Waals surface area contributed by atoms with Crippen LogP contribution in [-0.4, -0.2) is 33.0 Å². The van der Waals surface area contributed by atoms with Crippen LogP contribution >= 0.6 is 11.8 Å². The number of hydrogen-bond donors (Lipinski definition) is 1. The summed E-state index contributed by atoms with van der Waals surface area (Å²) in [6.45, 7) is 2.64. The summed E-state index contributed by atoms with van der Waals surface area (Å²) < 4.78 is 5.53. The van der Waals surface area contributed by atoms with Crippen molar-refractivity contribution in [2.24, 2.45) is 0 Å². The van der Waals surface area contributed by atoms with E-state index in [0.717, 1.165) is 33.1 Å². The van der Waals surface area contributed by atoms with Gasteiger partial charge in [0.25, 0.3) is 0 Å². The lowest BCUT2D eigenvalue weighted by Crippen LogP contribution is -1.92. The van der Waals surface area contributed by atoms with Crippen LogP contribution in [0.5, 0.6) is 5.75 Å². The largest absolute Gasteiger partial charge is 0.494 e. The Morgan fingerprint density at radius 2 is 2.10 bits per heavy atom. The van der Waals surface area contributed by atoms with Gasteiger partial charge in [-0.25, -0.2) is 4.98 Å². The van der Waals surface area contributed by atoms with Gasteiger partial charge >= 0.3 is 0 Å². The van der Waals surface area contributed by atoms with Crippen LogP contribution in [0, 0.1) is 0 Å². The SMILES string of the molecule is CCOc1ccc(-c2nc3cnncc3[nH]2)c(SC)c1. The number of thioether (sulfide) groups is 1. The molecule has 3 aromatic rings. The molecule has 2 heterocycles. The van der Waals surface area contributed by atoms with Crippen molar-refractivity contribution in [2.75, 3.05) is 12.9 Å². The molecular weight excluding hydrogens is 272 g/mol. The van der Waals surface area contributed by atoms with Crippen LogP contribution in [0.4, 0.5) is 0 Å². The van der Waals surface area contributed by atoms with E-state index in [-0.39, 0.29) is 0 Å². The van der Waals surface area contributed by atoms with Crippen molar-refractivity contribution in [1.29, 1.82) is 0 Å². The highest BCUT2D eigenvalue weighted by molar-refractivity contribution is 7.98. The molecule has 0 radical (unpaired) electrons. The third-order valence-electron chi connectivity index (χ3n) is 2.93. The second kappa shape index (κ2) is 5.50. The molecule has 0 aliphatic carbocycles. The van der Waals surface area contributed by atoms with Crippen LogP contribution in [0.2, 0.25) is 0 Å². The first-order valence-corrected chi connectivity index (χ1v) is 7.52. The molecule has 0 atom stereocenters. The Hall–Kier alpha value is -2.08. The van der Waals surface area contributed by atoms with E-state index in [9.17, 15) is 0 Å². The molecule has 0 saturated heterocycles. The second-order valence-electron chi connectivity index (χ2n) is 4.17. The maximum Gasteiger partial charge on any atom is 0.139 e. The van der Waals surface area contributed by atoms with Crippen molar-refractivity contribution in [2.45, 2.75) is 11.8 Å². The molecule has 0 aliphatic heterocycles. The van der Waals surface area contributed by atoms with Gasteiger partial charge in [-0.05, 0) is 31.4 Å². The topological polar surface area (TPSA) is 63.7 Å². The highest BCUT2D eigenvalue weighted by Crippen LogP contribution is 2.32. The molecule has 0 unspecified atom stereocenters. The minimum atomic E-state index is 0.662. The van der Waals surface area contributed by atoms with Crippen LogP contribution < -0.4 is 4.74 Å².